The highest BCUT2D eigenvalue weighted by Crippen LogP contribution is 2.24. The van der Waals surface area contributed by atoms with Crippen molar-refractivity contribution >= 4 is 29.5 Å². The number of anilines is 1. The van der Waals surface area contributed by atoms with E-state index in [1.807, 2.05) is 0 Å². The van der Waals surface area contributed by atoms with Gasteiger partial charge in [-0.15, -0.1) is 0 Å². The lowest BCUT2D eigenvalue weighted by atomic mass is 10.1. The molecule has 1 aromatic carbocycles. The van der Waals surface area contributed by atoms with Crippen molar-refractivity contribution in [2.45, 2.75) is 32.8 Å². The van der Waals surface area contributed by atoms with Gasteiger partial charge in [-0.3, -0.25) is 5.32 Å². The molecule has 1 amide bonds. The molecule has 1 aromatic rings. The van der Waals surface area contributed by atoms with E-state index in [2.05, 4.69) is 10.3 Å². The highest BCUT2D eigenvalue weighted by atomic mass is 35.5. The van der Waals surface area contributed by atoms with Crippen molar-refractivity contribution < 1.29 is 14.3 Å². The van der Waals surface area contributed by atoms with Crippen molar-refractivity contribution in [1.29, 1.82) is 0 Å². The third-order valence-corrected chi connectivity index (χ3v) is 2.56. The summed E-state index contributed by atoms with van der Waals surface area (Å²) in [7, 11) is 0. The third kappa shape index (κ3) is 5.87. The fourth-order valence-corrected chi connectivity index (χ4v) is 1.71. The maximum Gasteiger partial charge on any atom is 0.412 e. The van der Waals surface area contributed by atoms with Gasteiger partial charge in [-0.2, -0.15) is 0 Å². The molecule has 0 aliphatic rings. The molecule has 20 heavy (non-hydrogen) atoms. The molecule has 6 heteroatoms. The molecule has 0 aliphatic heterocycles. The summed E-state index contributed by atoms with van der Waals surface area (Å²) in [6.45, 7) is 5.71. The second-order valence-corrected chi connectivity index (χ2v) is 5.57. The van der Waals surface area contributed by atoms with Gasteiger partial charge in [-0.05, 0) is 44.9 Å². The van der Waals surface area contributed by atoms with Gasteiger partial charge < -0.3 is 4.74 Å². The minimum absolute atomic E-state index is 0.360. The van der Waals surface area contributed by atoms with Gasteiger partial charge in [0.15, 0.2) is 0 Å². The molecular formula is C14H17ClN2O3. The Morgan fingerprint density at radius 1 is 1.45 bits per heavy atom. The van der Waals surface area contributed by atoms with Gasteiger partial charge in [0.25, 0.3) is 0 Å². The van der Waals surface area contributed by atoms with Gasteiger partial charge in [0.1, 0.15) is 5.60 Å². The standard InChI is InChI=1S/C14H17ClN2O3/c1-14(2,3)20-13(19)17-12-5-4-10(8-11(12)15)6-7-16-9-18/h4-5,8H,6-7H2,1-3H3,(H,17,19). The summed E-state index contributed by atoms with van der Waals surface area (Å²) in [5.74, 6) is 0. The SMILES string of the molecule is CC(C)(C)OC(=O)Nc1ccc(CCN=C=O)cc1Cl. The number of carbonyl (C=O) groups excluding carboxylic acids is 2. The lowest BCUT2D eigenvalue weighted by Gasteiger charge is -2.20. The number of ether oxygens (including phenoxy) is 1. The summed E-state index contributed by atoms with van der Waals surface area (Å²) in [4.78, 5) is 25.1. The fourth-order valence-electron chi connectivity index (χ4n) is 1.46. The summed E-state index contributed by atoms with van der Waals surface area (Å²) >= 11 is 6.08. The molecule has 0 atom stereocenters. The molecule has 0 saturated heterocycles. The average molecular weight is 297 g/mol. The highest BCUT2D eigenvalue weighted by molar-refractivity contribution is 6.33. The van der Waals surface area contributed by atoms with Gasteiger partial charge in [0.2, 0.25) is 6.08 Å². The number of isocyanates is 1. The smallest absolute Gasteiger partial charge is 0.412 e. The molecule has 0 saturated carbocycles. The van der Waals surface area contributed by atoms with Crippen molar-refractivity contribution in [3.8, 4) is 0 Å². The average Bonchev–Trinajstić information content (AvgIpc) is 2.30. The molecule has 1 rings (SSSR count). The van der Waals surface area contributed by atoms with E-state index in [-0.39, 0.29) is 0 Å². The zero-order valence-electron chi connectivity index (χ0n) is 11.7. The first-order chi connectivity index (χ1) is 9.31. The van der Waals surface area contributed by atoms with Gasteiger partial charge in [0.05, 0.1) is 17.3 Å². The second-order valence-electron chi connectivity index (χ2n) is 5.16. The summed E-state index contributed by atoms with van der Waals surface area (Å²) in [5.41, 5.74) is 0.830. The first-order valence-corrected chi connectivity index (χ1v) is 6.51. The molecular weight excluding hydrogens is 280 g/mol. The number of carbonyl (C=O) groups is 1. The lowest BCUT2D eigenvalue weighted by Crippen LogP contribution is -2.27. The molecule has 0 fully saturated rings. The van der Waals surface area contributed by atoms with E-state index in [9.17, 15) is 9.59 Å². The summed E-state index contributed by atoms with van der Waals surface area (Å²) in [6, 6.07) is 5.21. The zero-order chi connectivity index (χ0) is 15.2. The molecule has 0 bridgehead atoms. The molecule has 5 nitrogen and oxygen atoms in total. The predicted molar refractivity (Wildman–Crippen MR) is 78.0 cm³/mol. The van der Waals surface area contributed by atoms with E-state index >= 15 is 0 Å². The van der Waals surface area contributed by atoms with Crippen LogP contribution in [0.1, 0.15) is 26.3 Å². The number of nitrogens with zero attached hydrogens (tertiary/aromatic N) is 1. The normalized spacial score (nSPS) is 10.6. The van der Waals surface area contributed by atoms with Crippen LogP contribution in [0.2, 0.25) is 5.02 Å². The lowest BCUT2D eigenvalue weighted by molar-refractivity contribution is 0.0636. The van der Waals surface area contributed by atoms with Crippen LogP contribution in [0.15, 0.2) is 23.2 Å². The minimum atomic E-state index is -0.566. The Labute approximate surface area is 123 Å². The molecule has 1 N–H and O–H groups in total. The Morgan fingerprint density at radius 3 is 2.70 bits per heavy atom. The molecule has 0 aromatic heterocycles. The number of aliphatic imine (C=N–C) groups is 1. The van der Waals surface area contributed by atoms with Gasteiger partial charge >= 0.3 is 6.09 Å². The molecule has 0 unspecified atom stereocenters. The van der Waals surface area contributed by atoms with Crippen LogP contribution in [0.25, 0.3) is 0 Å². The van der Waals surface area contributed by atoms with Crippen LogP contribution in [0, 0.1) is 0 Å². The van der Waals surface area contributed by atoms with Crippen LogP contribution in [0.3, 0.4) is 0 Å². The van der Waals surface area contributed by atoms with Gasteiger partial charge in [-0.1, -0.05) is 17.7 Å². The Balaban J connectivity index is 2.68. The quantitative estimate of drug-likeness (QED) is 0.682. The maximum atomic E-state index is 11.6. The van der Waals surface area contributed by atoms with E-state index in [0.29, 0.717) is 23.7 Å². The van der Waals surface area contributed by atoms with Crippen molar-refractivity contribution in [1.82, 2.24) is 0 Å². The van der Waals surface area contributed by atoms with Crippen molar-refractivity contribution in [2.75, 3.05) is 11.9 Å². The highest BCUT2D eigenvalue weighted by Gasteiger charge is 2.17. The van der Waals surface area contributed by atoms with E-state index in [1.54, 1.807) is 39.0 Å². The van der Waals surface area contributed by atoms with E-state index in [4.69, 9.17) is 16.3 Å². The Morgan fingerprint density at radius 2 is 2.15 bits per heavy atom. The number of nitrogens with one attached hydrogen (secondary N) is 1. The van der Waals surface area contributed by atoms with Crippen LogP contribution in [0.4, 0.5) is 10.5 Å². The number of halogens is 1. The van der Waals surface area contributed by atoms with Crippen LogP contribution in [-0.2, 0) is 16.0 Å². The topological polar surface area (TPSA) is 67.8 Å². The Kier molecular flexibility index (Phi) is 5.74. The largest absolute Gasteiger partial charge is 0.444 e. The zero-order valence-corrected chi connectivity index (χ0v) is 12.5. The second kappa shape index (κ2) is 7.08. The first kappa shape index (κ1) is 16.2. The van der Waals surface area contributed by atoms with Gasteiger partial charge in [0, 0.05) is 0 Å². The van der Waals surface area contributed by atoms with Crippen LogP contribution in [0.5, 0.6) is 0 Å². The molecule has 0 aliphatic carbocycles. The van der Waals surface area contributed by atoms with E-state index in [0.717, 1.165) is 5.56 Å². The fraction of sp³-hybridized carbons (Fsp3) is 0.429. The molecule has 0 radical (unpaired) electrons. The summed E-state index contributed by atoms with van der Waals surface area (Å²) < 4.78 is 5.14. The monoisotopic (exact) mass is 296 g/mol. The summed E-state index contributed by atoms with van der Waals surface area (Å²) in [5, 5.41) is 2.99. The summed E-state index contributed by atoms with van der Waals surface area (Å²) in [6.07, 6.45) is 1.51. The van der Waals surface area contributed by atoms with Crippen molar-refractivity contribution in [2.24, 2.45) is 4.99 Å². The van der Waals surface area contributed by atoms with Gasteiger partial charge in [-0.25, -0.2) is 14.6 Å². The third-order valence-electron chi connectivity index (χ3n) is 2.25. The Hall–Kier alpha value is -1.84. The van der Waals surface area contributed by atoms with E-state index < -0.39 is 11.7 Å². The number of rotatable bonds is 4. The number of hydrogen-bond acceptors (Lipinski definition) is 4. The van der Waals surface area contributed by atoms with Crippen molar-refractivity contribution in [3.05, 3.63) is 28.8 Å². The molecule has 0 spiro atoms. The van der Waals surface area contributed by atoms with Crippen LogP contribution < -0.4 is 5.32 Å². The number of amides is 1. The maximum absolute atomic E-state index is 11.6. The van der Waals surface area contributed by atoms with Crippen molar-refractivity contribution in [3.63, 3.8) is 0 Å². The molecule has 108 valence electrons. The van der Waals surface area contributed by atoms with E-state index in [1.165, 1.54) is 6.08 Å². The predicted octanol–water partition coefficient (Wildman–Crippen LogP) is 3.57. The number of hydrogen-bond donors (Lipinski definition) is 1. The first-order valence-electron chi connectivity index (χ1n) is 6.14. The Bertz CT molecular complexity index is 532. The minimum Gasteiger partial charge on any atom is -0.444 e. The van der Waals surface area contributed by atoms with Crippen LogP contribution in [-0.4, -0.2) is 24.3 Å². The van der Waals surface area contributed by atoms with Crippen LogP contribution >= 0.6 is 11.6 Å². The molecule has 0 heterocycles. The number of benzene rings is 1.